The van der Waals surface area contributed by atoms with Crippen molar-refractivity contribution in [2.24, 2.45) is 5.73 Å². The normalized spacial score (nSPS) is 18.6. The topological polar surface area (TPSA) is 46.3 Å². The van der Waals surface area contributed by atoms with Gasteiger partial charge < -0.3 is 10.6 Å². The van der Waals surface area contributed by atoms with Gasteiger partial charge in [-0.15, -0.1) is 12.4 Å². The van der Waals surface area contributed by atoms with Crippen molar-refractivity contribution in [3.8, 4) is 0 Å². The van der Waals surface area contributed by atoms with E-state index in [1.807, 2.05) is 30.0 Å². The molecule has 1 fully saturated rings. The second-order valence-corrected chi connectivity index (χ2v) is 5.55. The Labute approximate surface area is 131 Å². The Morgan fingerprint density at radius 2 is 2.20 bits per heavy atom. The molecule has 2 N–H and O–H groups in total. The van der Waals surface area contributed by atoms with E-state index in [1.54, 1.807) is 0 Å². The van der Waals surface area contributed by atoms with E-state index in [2.05, 4.69) is 0 Å². The molecule has 1 aromatic carbocycles. The third-order valence-electron chi connectivity index (χ3n) is 3.89. The molecule has 0 spiro atoms. The monoisotopic (exact) mass is 316 g/mol. The first-order valence-electron chi connectivity index (χ1n) is 6.91. The number of nitrogens with zero attached hydrogens (tertiary/aromatic N) is 1. The van der Waals surface area contributed by atoms with Crippen LogP contribution in [0.5, 0.6) is 0 Å². The fourth-order valence-corrected chi connectivity index (χ4v) is 2.93. The molecule has 5 heteroatoms. The number of benzene rings is 1. The maximum absolute atomic E-state index is 12.7. The summed E-state index contributed by atoms with van der Waals surface area (Å²) in [4.78, 5) is 14.7. The average molecular weight is 317 g/mol. The van der Waals surface area contributed by atoms with Gasteiger partial charge in [-0.2, -0.15) is 0 Å². The first-order valence-corrected chi connectivity index (χ1v) is 7.29. The molecular formula is C15H22Cl2N2O. The lowest BCUT2D eigenvalue weighted by molar-refractivity contribution is 0.0604. The van der Waals surface area contributed by atoms with E-state index in [-0.39, 0.29) is 24.4 Å². The molecule has 0 bridgehead atoms. The summed E-state index contributed by atoms with van der Waals surface area (Å²) < 4.78 is 0. The lowest BCUT2D eigenvalue weighted by Crippen LogP contribution is -2.44. The second kappa shape index (κ2) is 7.87. The largest absolute Gasteiger partial charge is 0.336 e. The number of nitrogens with two attached hydrogens (primary N) is 1. The Balaban J connectivity index is 0.00000200. The molecule has 1 amide bonds. The Bertz CT molecular complexity index is 463. The first-order chi connectivity index (χ1) is 9.15. The van der Waals surface area contributed by atoms with Crippen molar-refractivity contribution in [3.63, 3.8) is 0 Å². The summed E-state index contributed by atoms with van der Waals surface area (Å²) in [5.74, 6) is 0.0955. The van der Waals surface area contributed by atoms with E-state index in [4.69, 9.17) is 17.3 Å². The number of hydrogen-bond donors (Lipinski definition) is 1. The van der Waals surface area contributed by atoms with E-state index in [1.165, 1.54) is 6.42 Å². The van der Waals surface area contributed by atoms with E-state index >= 15 is 0 Å². The predicted octanol–water partition coefficient (Wildman–Crippen LogP) is 3.41. The SMILES string of the molecule is Cc1c(Cl)cccc1C(=O)N1CCCCC1CCN.Cl. The van der Waals surface area contributed by atoms with Crippen LogP contribution in [0.3, 0.4) is 0 Å². The van der Waals surface area contributed by atoms with Crippen LogP contribution in [0.15, 0.2) is 18.2 Å². The number of amides is 1. The van der Waals surface area contributed by atoms with Gasteiger partial charge in [0.2, 0.25) is 0 Å². The summed E-state index contributed by atoms with van der Waals surface area (Å²) in [5, 5.41) is 0.651. The van der Waals surface area contributed by atoms with Crippen LogP contribution in [-0.4, -0.2) is 29.9 Å². The highest BCUT2D eigenvalue weighted by atomic mass is 35.5. The van der Waals surface area contributed by atoms with Gasteiger partial charge in [-0.25, -0.2) is 0 Å². The van der Waals surface area contributed by atoms with Crippen molar-refractivity contribution < 1.29 is 4.79 Å². The fraction of sp³-hybridized carbons (Fsp3) is 0.533. The predicted molar refractivity (Wildman–Crippen MR) is 85.8 cm³/mol. The zero-order chi connectivity index (χ0) is 13.8. The molecular weight excluding hydrogens is 295 g/mol. The first kappa shape index (κ1) is 17.3. The van der Waals surface area contributed by atoms with Gasteiger partial charge in [-0.3, -0.25) is 4.79 Å². The molecule has 1 unspecified atom stereocenters. The van der Waals surface area contributed by atoms with Crippen molar-refractivity contribution >= 4 is 29.9 Å². The molecule has 20 heavy (non-hydrogen) atoms. The van der Waals surface area contributed by atoms with Crippen molar-refractivity contribution in [3.05, 3.63) is 34.3 Å². The molecule has 1 saturated heterocycles. The van der Waals surface area contributed by atoms with Gasteiger partial charge in [0.1, 0.15) is 0 Å². The molecule has 2 rings (SSSR count). The molecule has 3 nitrogen and oxygen atoms in total. The summed E-state index contributed by atoms with van der Waals surface area (Å²) in [6.45, 7) is 3.36. The Kier molecular flexibility index (Phi) is 6.80. The third kappa shape index (κ3) is 3.66. The number of hydrogen-bond acceptors (Lipinski definition) is 2. The molecule has 1 aliphatic rings. The van der Waals surface area contributed by atoms with Crippen molar-refractivity contribution in [2.75, 3.05) is 13.1 Å². The van der Waals surface area contributed by atoms with Gasteiger partial charge in [-0.05, 0) is 56.8 Å². The van der Waals surface area contributed by atoms with Gasteiger partial charge in [0, 0.05) is 23.2 Å². The van der Waals surface area contributed by atoms with Gasteiger partial charge in [0.25, 0.3) is 5.91 Å². The molecule has 1 aromatic rings. The van der Waals surface area contributed by atoms with Crippen LogP contribution in [0, 0.1) is 6.92 Å². The third-order valence-corrected chi connectivity index (χ3v) is 4.30. The minimum Gasteiger partial charge on any atom is -0.336 e. The van der Waals surface area contributed by atoms with Crippen LogP contribution < -0.4 is 5.73 Å². The van der Waals surface area contributed by atoms with Crippen LogP contribution in [0.4, 0.5) is 0 Å². The molecule has 1 atom stereocenters. The van der Waals surface area contributed by atoms with E-state index in [0.717, 1.165) is 36.9 Å². The fourth-order valence-electron chi connectivity index (χ4n) is 2.75. The Hall–Kier alpha value is -0.770. The Morgan fingerprint density at radius 3 is 2.90 bits per heavy atom. The second-order valence-electron chi connectivity index (χ2n) is 5.14. The zero-order valence-corrected chi connectivity index (χ0v) is 13.3. The average Bonchev–Trinajstić information content (AvgIpc) is 2.42. The maximum Gasteiger partial charge on any atom is 0.254 e. The molecule has 0 saturated carbocycles. The lowest BCUT2D eigenvalue weighted by atomic mass is 9.97. The highest BCUT2D eigenvalue weighted by Gasteiger charge is 2.27. The molecule has 1 aliphatic heterocycles. The van der Waals surface area contributed by atoms with Gasteiger partial charge in [-0.1, -0.05) is 17.7 Å². The van der Waals surface area contributed by atoms with Crippen molar-refractivity contribution in [1.82, 2.24) is 4.90 Å². The van der Waals surface area contributed by atoms with Crippen LogP contribution in [0.1, 0.15) is 41.6 Å². The summed E-state index contributed by atoms with van der Waals surface area (Å²) in [5.41, 5.74) is 7.24. The van der Waals surface area contributed by atoms with Gasteiger partial charge in [0.05, 0.1) is 0 Å². The molecule has 0 aliphatic carbocycles. The number of rotatable bonds is 3. The van der Waals surface area contributed by atoms with Crippen molar-refractivity contribution in [2.45, 2.75) is 38.6 Å². The standard InChI is InChI=1S/C15H21ClN2O.ClH/c1-11-13(6-4-7-14(11)16)15(19)18-10-3-2-5-12(18)8-9-17;/h4,6-7,12H,2-3,5,8-10,17H2,1H3;1H. The quantitative estimate of drug-likeness (QED) is 0.928. The van der Waals surface area contributed by atoms with Crippen LogP contribution in [-0.2, 0) is 0 Å². The number of carbonyl (C=O) groups excluding carboxylic acids is 1. The number of likely N-dealkylation sites (tertiary alicyclic amines) is 1. The van der Waals surface area contributed by atoms with Gasteiger partial charge in [0.15, 0.2) is 0 Å². The van der Waals surface area contributed by atoms with E-state index < -0.39 is 0 Å². The summed E-state index contributed by atoms with van der Waals surface area (Å²) in [7, 11) is 0. The number of piperidine rings is 1. The number of carbonyl (C=O) groups is 1. The van der Waals surface area contributed by atoms with Crippen LogP contribution in [0.2, 0.25) is 5.02 Å². The van der Waals surface area contributed by atoms with Crippen LogP contribution in [0.25, 0.3) is 0 Å². The van der Waals surface area contributed by atoms with E-state index in [9.17, 15) is 4.79 Å². The zero-order valence-electron chi connectivity index (χ0n) is 11.8. The summed E-state index contributed by atoms with van der Waals surface area (Å²) in [6.07, 6.45) is 4.20. The van der Waals surface area contributed by atoms with Crippen molar-refractivity contribution in [1.29, 1.82) is 0 Å². The summed E-state index contributed by atoms with van der Waals surface area (Å²) in [6, 6.07) is 5.80. The van der Waals surface area contributed by atoms with Gasteiger partial charge >= 0.3 is 0 Å². The van der Waals surface area contributed by atoms with Crippen LogP contribution >= 0.6 is 24.0 Å². The molecule has 0 radical (unpaired) electrons. The Morgan fingerprint density at radius 1 is 1.45 bits per heavy atom. The highest BCUT2D eigenvalue weighted by molar-refractivity contribution is 6.31. The maximum atomic E-state index is 12.7. The number of halogens is 2. The molecule has 112 valence electrons. The van der Waals surface area contributed by atoms with E-state index in [0.29, 0.717) is 11.6 Å². The smallest absolute Gasteiger partial charge is 0.254 e. The minimum atomic E-state index is 0. The highest BCUT2D eigenvalue weighted by Crippen LogP contribution is 2.25. The lowest BCUT2D eigenvalue weighted by Gasteiger charge is -2.36. The molecule has 0 aromatic heterocycles. The summed E-state index contributed by atoms with van der Waals surface area (Å²) >= 11 is 6.10. The molecule has 1 heterocycles. The minimum absolute atomic E-state index is 0.